The van der Waals surface area contributed by atoms with Crippen LogP contribution >= 0.6 is 0 Å². The Morgan fingerprint density at radius 1 is 1.00 bits per heavy atom. The fraction of sp³-hybridized carbons (Fsp3) is 0.0714. The Bertz CT molecular complexity index is 434. The van der Waals surface area contributed by atoms with Gasteiger partial charge in [0.25, 0.3) is 0 Å². The number of benzene rings is 1. The molecule has 1 nitrogen and oxygen atoms in total. The first-order valence-electron chi connectivity index (χ1n) is 5.04. The Morgan fingerprint density at radius 2 is 1.62 bits per heavy atom. The molecule has 0 N–H and O–H groups in total. The van der Waals surface area contributed by atoms with Crippen LogP contribution < -0.4 is 17.0 Å². The van der Waals surface area contributed by atoms with E-state index in [0.717, 1.165) is 12.1 Å². The van der Waals surface area contributed by atoms with Gasteiger partial charge < -0.3 is 12.4 Å². The van der Waals surface area contributed by atoms with Crippen LogP contribution in [0, 0.1) is 0 Å². The van der Waals surface area contributed by atoms with Crippen LogP contribution in [0.2, 0.25) is 0 Å². The van der Waals surface area contributed by atoms with E-state index < -0.39 is 0 Å². The third kappa shape index (κ3) is 3.21. The Labute approximate surface area is 102 Å². The zero-order valence-electron chi connectivity index (χ0n) is 9.01. The highest BCUT2D eigenvalue weighted by molar-refractivity contribution is 5.44. The lowest BCUT2D eigenvalue weighted by Gasteiger charge is -1.97. The van der Waals surface area contributed by atoms with Crippen molar-refractivity contribution in [2.45, 2.75) is 6.54 Å². The van der Waals surface area contributed by atoms with Gasteiger partial charge in [0.05, 0.1) is 0 Å². The van der Waals surface area contributed by atoms with E-state index in [-0.39, 0.29) is 12.4 Å². The lowest BCUT2D eigenvalue weighted by Crippen LogP contribution is -3.00. The summed E-state index contributed by atoms with van der Waals surface area (Å²) in [5.74, 6) is 0. The molecule has 0 unspecified atom stereocenters. The number of hydrogen-bond donors (Lipinski definition) is 0. The van der Waals surface area contributed by atoms with E-state index in [2.05, 4.69) is 59.9 Å². The summed E-state index contributed by atoms with van der Waals surface area (Å²) in [7, 11) is 0. The summed E-state index contributed by atoms with van der Waals surface area (Å²) >= 11 is 0. The number of pyridine rings is 1. The number of rotatable bonds is 3. The van der Waals surface area contributed by atoms with Crippen molar-refractivity contribution >= 4 is 6.08 Å². The van der Waals surface area contributed by atoms with Crippen LogP contribution in [0.25, 0.3) is 6.08 Å². The van der Waals surface area contributed by atoms with Crippen LogP contribution in [-0.4, -0.2) is 0 Å². The zero-order valence-corrected chi connectivity index (χ0v) is 9.77. The van der Waals surface area contributed by atoms with Gasteiger partial charge in [0.15, 0.2) is 18.9 Å². The standard InChI is InChI=1S/C14H14N.ClH/c1-2-13-8-10-15(11-9-13)12-14-6-4-3-5-7-14;/h2-11H,1,12H2;1H/q+1;/p-1. The van der Waals surface area contributed by atoms with Crippen LogP contribution in [0.1, 0.15) is 11.1 Å². The summed E-state index contributed by atoms with van der Waals surface area (Å²) in [4.78, 5) is 0. The van der Waals surface area contributed by atoms with Gasteiger partial charge in [0.1, 0.15) is 0 Å². The molecule has 0 aliphatic carbocycles. The third-order valence-corrected chi connectivity index (χ3v) is 2.36. The van der Waals surface area contributed by atoms with E-state index in [1.54, 1.807) is 0 Å². The van der Waals surface area contributed by atoms with Gasteiger partial charge in [-0.1, -0.05) is 43.0 Å². The van der Waals surface area contributed by atoms with Crippen LogP contribution in [0.4, 0.5) is 0 Å². The van der Waals surface area contributed by atoms with Crippen LogP contribution in [0.3, 0.4) is 0 Å². The Balaban J connectivity index is 0.00000128. The quantitative estimate of drug-likeness (QED) is 0.637. The first kappa shape index (κ1) is 12.5. The minimum absolute atomic E-state index is 0. The van der Waals surface area contributed by atoms with E-state index in [1.807, 2.05) is 12.1 Å². The highest BCUT2D eigenvalue weighted by Gasteiger charge is 2.00. The summed E-state index contributed by atoms with van der Waals surface area (Å²) in [6.45, 7) is 4.65. The number of halogens is 1. The average molecular weight is 232 g/mol. The Hall–Kier alpha value is -1.60. The molecule has 0 saturated heterocycles. The maximum Gasteiger partial charge on any atom is 0.173 e. The number of hydrogen-bond acceptors (Lipinski definition) is 0. The molecule has 1 heterocycles. The third-order valence-electron chi connectivity index (χ3n) is 2.36. The minimum atomic E-state index is 0. The Morgan fingerprint density at radius 3 is 2.19 bits per heavy atom. The first-order chi connectivity index (χ1) is 7.38. The summed E-state index contributed by atoms with van der Waals surface area (Å²) in [6, 6.07) is 14.6. The molecule has 0 atom stereocenters. The second-order valence-corrected chi connectivity index (χ2v) is 3.49. The normalized spacial score (nSPS) is 9.25. The van der Waals surface area contributed by atoms with Crippen LogP contribution in [-0.2, 0) is 6.54 Å². The number of nitrogens with zero attached hydrogens (tertiary/aromatic N) is 1. The SMILES string of the molecule is C=Cc1cc[n+](Cc2ccccc2)cc1.[Cl-]. The molecule has 1 aromatic carbocycles. The van der Waals surface area contributed by atoms with E-state index in [1.165, 1.54) is 5.56 Å². The molecule has 2 heteroatoms. The molecule has 0 fully saturated rings. The molecule has 0 spiro atoms. The predicted octanol–water partition coefficient (Wildman–Crippen LogP) is -0.331. The summed E-state index contributed by atoms with van der Waals surface area (Å²) in [6.07, 6.45) is 6.00. The average Bonchev–Trinajstić information content (AvgIpc) is 2.31. The summed E-state index contributed by atoms with van der Waals surface area (Å²) in [5.41, 5.74) is 2.47. The van der Waals surface area contributed by atoms with Crippen molar-refractivity contribution in [1.29, 1.82) is 0 Å². The molecule has 0 bridgehead atoms. The van der Waals surface area contributed by atoms with E-state index in [4.69, 9.17) is 0 Å². The molecule has 16 heavy (non-hydrogen) atoms. The van der Waals surface area contributed by atoms with Gasteiger partial charge in [-0.05, 0) is 5.56 Å². The van der Waals surface area contributed by atoms with Gasteiger partial charge in [-0.3, -0.25) is 0 Å². The molecular formula is C14H14ClN. The largest absolute Gasteiger partial charge is 1.00 e. The van der Waals surface area contributed by atoms with Crippen LogP contribution in [0.15, 0.2) is 61.4 Å². The molecular weight excluding hydrogens is 218 g/mol. The molecule has 0 radical (unpaired) electrons. The van der Waals surface area contributed by atoms with Crippen molar-refractivity contribution in [2.24, 2.45) is 0 Å². The number of aromatic nitrogens is 1. The fourth-order valence-corrected chi connectivity index (χ4v) is 1.50. The zero-order chi connectivity index (χ0) is 10.5. The van der Waals surface area contributed by atoms with Crippen LogP contribution in [0.5, 0.6) is 0 Å². The van der Waals surface area contributed by atoms with Gasteiger partial charge in [-0.15, -0.1) is 0 Å². The lowest BCUT2D eigenvalue weighted by atomic mass is 10.2. The second-order valence-electron chi connectivity index (χ2n) is 3.49. The van der Waals surface area contributed by atoms with Crippen molar-refractivity contribution in [3.8, 4) is 0 Å². The van der Waals surface area contributed by atoms with Gasteiger partial charge in [-0.2, -0.15) is 0 Å². The van der Waals surface area contributed by atoms with Crippen molar-refractivity contribution in [3.63, 3.8) is 0 Å². The van der Waals surface area contributed by atoms with E-state index in [9.17, 15) is 0 Å². The summed E-state index contributed by atoms with van der Waals surface area (Å²) < 4.78 is 2.16. The van der Waals surface area contributed by atoms with Crippen molar-refractivity contribution in [3.05, 3.63) is 72.6 Å². The smallest absolute Gasteiger partial charge is 0.173 e. The minimum Gasteiger partial charge on any atom is -1.00 e. The molecule has 0 saturated carbocycles. The van der Waals surface area contributed by atoms with Crippen molar-refractivity contribution < 1.29 is 17.0 Å². The molecule has 2 aromatic rings. The summed E-state index contributed by atoms with van der Waals surface area (Å²) in [5, 5.41) is 0. The first-order valence-corrected chi connectivity index (χ1v) is 5.04. The maximum absolute atomic E-state index is 3.74. The molecule has 2 rings (SSSR count). The van der Waals surface area contributed by atoms with Gasteiger partial charge in [-0.25, -0.2) is 4.57 Å². The lowest BCUT2D eigenvalue weighted by molar-refractivity contribution is -0.688. The monoisotopic (exact) mass is 231 g/mol. The highest BCUT2D eigenvalue weighted by Crippen LogP contribution is 1.99. The highest BCUT2D eigenvalue weighted by atomic mass is 35.5. The fourth-order valence-electron chi connectivity index (χ4n) is 1.50. The van der Waals surface area contributed by atoms with E-state index in [0.29, 0.717) is 0 Å². The maximum atomic E-state index is 3.74. The van der Waals surface area contributed by atoms with Gasteiger partial charge >= 0.3 is 0 Å². The molecule has 0 amide bonds. The molecule has 1 aromatic heterocycles. The molecule has 0 aliphatic rings. The van der Waals surface area contributed by atoms with E-state index >= 15 is 0 Å². The Kier molecular flexibility index (Phi) is 4.74. The molecule has 82 valence electrons. The van der Waals surface area contributed by atoms with Crippen molar-refractivity contribution in [2.75, 3.05) is 0 Å². The van der Waals surface area contributed by atoms with Gasteiger partial charge in [0.2, 0.25) is 0 Å². The predicted molar refractivity (Wildman–Crippen MR) is 62.3 cm³/mol. The second kappa shape index (κ2) is 6.09. The molecule has 0 aliphatic heterocycles. The topological polar surface area (TPSA) is 3.88 Å². The van der Waals surface area contributed by atoms with Crippen molar-refractivity contribution in [1.82, 2.24) is 0 Å². The van der Waals surface area contributed by atoms with Gasteiger partial charge in [0, 0.05) is 17.7 Å².